The van der Waals surface area contributed by atoms with Crippen LogP contribution in [0.5, 0.6) is 0 Å². The van der Waals surface area contributed by atoms with Gasteiger partial charge in [0.15, 0.2) is 0 Å². The van der Waals surface area contributed by atoms with Crippen LogP contribution in [-0.2, 0) is 0 Å². The highest BCUT2D eigenvalue weighted by Gasteiger charge is 2.22. The van der Waals surface area contributed by atoms with Crippen molar-refractivity contribution < 1.29 is 0 Å². The van der Waals surface area contributed by atoms with Crippen LogP contribution in [0.3, 0.4) is 0 Å². The minimum atomic E-state index is 0.674. The molecule has 2 aromatic heterocycles. The van der Waals surface area contributed by atoms with Crippen molar-refractivity contribution in [1.29, 1.82) is 0 Å². The predicted octanol–water partition coefficient (Wildman–Crippen LogP) is 11.0. The van der Waals surface area contributed by atoms with E-state index in [0.29, 0.717) is 5.95 Å². The zero-order chi connectivity index (χ0) is 29.5. The van der Waals surface area contributed by atoms with Gasteiger partial charge in [0.2, 0.25) is 5.95 Å². The van der Waals surface area contributed by atoms with E-state index < -0.39 is 0 Å². The van der Waals surface area contributed by atoms with Crippen LogP contribution in [0.25, 0.3) is 93.0 Å². The van der Waals surface area contributed by atoms with Crippen LogP contribution in [0, 0.1) is 0 Å². The largest absolute Gasteiger partial charge is 0.277 e. The molecule has 10 aromatic rings. The lowest BCUT2D eigenvalue weighted by Gasteiger charge is -2.14. The van der Waals surface area contributed by atoms with Crippen LogP contribution >= 0.6 is 0 Å². The molecule has 0 bridgehead atoms. The molecule has 0 aliphatic carbocycles. The molecule has 0 N–H and O–H groups in total. The Kier molecular flexibility index (Phi) is 5.00. The van der Waals surface area contributed by atoms with Gasteiger partial charge in [-0.25, -0.2) is 9.97 Å². The summed E-state index contributed by atoms with van der Waals surface area (Å²) in [5, 5.41) is 13.3. The molecule has 0 fully saturated rings. The van der Waals surface area contributed by atoms with Gasteiger partial charge < -0.3 is 0 Å². The fourth-order valence-electron chi connectivity index (χ4n) is 7.37. The van der Waals surface area contributed by atoms with Crippen molar-refractivity contribution in [2.24, 2.45) is 0 Å². The average Bonchev–Trinajstić information content (AvgIpc) is 3.47. The second-order valence-corrected chi connectivity index (χ2v) is 11.8. The van der Waals surface area contributed by atoms with Gasteiger partial charge in [-0.1, -0.05) is 133 Å². The first kappa shape index (κ1) is 24.4. The Morgan fingerprint density at radius 1 is 0.400 bits per heavy atom. The quantitative estimate of drug-likeness (QED) is 0.193. The van der Waals surface area contributed by atoms with E-state index in [4.69, 9.17) is 9.97 Å². The smallest absolute Gasteiger partial charge is 0.235 e. The summed E-state index contributed by atoms with van der Waals surface area (Å²) in [5.41, 5.74) is 5.17. The minimum Gasteiger partial charge on any atom is -0.277 e. The highest BCUT2D eigenvalue weighted by molar-refractivity contribution is 6.35. The first-order valence-corrected chi connectivity index (χ1v) is 15.4. The van der Waals surface area contributed by atoms with Gasteiger partial charge in [-0.15, -0.1) is 0 Å². The number of rotatable bonds is 2. The predicted molar refractivity (Wildman–Crippen MR) is 189 cm³/mol. The number of fused-ring (bicyclic) bond motifs is 12. The Bertz CT molecular complexity index is 2820. The lowest BCUT2D eigenvalue weighted by atomic mass is 9.95. The maximum Gasteiger partial charge on any atom is 0.235 e. The highest BCUT2D eigenvalue weighted by atomic mass is 15.2. The summed E-state index contributed by atoms with van der Waals surface area (Å²) in [6.45, 7) is 0. The maximum absolute atomic E-state index is 5.44. The zero-order valence-electron chi connectivity index (χ0n) is 24.3. The van der Waals surface area contributed by atoms with Crippen molar-refractivity contribution in [2.75, 3.05) is 0 Å². The van der Waals surface area contributed by atoms with Gasteiger partial charge in [0.25, 0.3) is 0 Å². The summed E-state index contributed by atoms with van der Waals surface area (Å²) in [7, 11) is 0. The van der Waals surface area contributed by atoms with Crippen molar-refractivity contribution in [3.8, 4) is 17.2 Å². The molecule has 0 saturated heterocycles. The van der Waals surface area contributed by atoms with Crippen LogP contribution in [0.15, 0.2) is 152 Å². The molecule has 8 aromatic carbocycles. The Morgan fingerprint density at radius 2 is 1.00 bits per heavy atom. The lowest BCUT2D eigenvalue weighted by molar-refractivity contribution is 1.02. The van der Waals surface area contributed by atoms with Crippen LogP contribution in [-0.4, -0.2) is 14.5 Å². The second kappa shape index (κ2) is 9.22. The molecule has 0 spiro atoms. The molecule has 3 nitrogen and oxygen atoms in total. The summed E-state index contributed by atoms with van der Waals surface area (Å²) in [6, 6.07) is 54.2. The Hall–Kier alpha value is -6.06. The topological polar surface area (TPSA) is 30.7 Å². The third-order valence-corrected chi connectivity index (χ3v) is 9.34. The summed E-state index contributed by atoms with van der Waals surface area (Å²) >= 11 is 0. The molecule has 0 aliphatic rings. The van der Waals surface area contributed by atoms with Gasteiger partial charge in [-0.2, -0.15) is 0 Å². The lowest BCUT2D eigenvalue weighted by Crippen LogP contribution is -2.04. The van der Waals surface area contributed by atoms with E-state index in [1.54, 1.807) is 0 Å². The summed E-state index contributed by atoms with van der Waals surface area (Å²) in [5.74, 6) is 0.674. The summed E-state index contributed by atoms with van der Waals surface area (Å²) < 4.78 is 2.31. The van der Waals surface area contributed by atoms with Gasteiger partial charge in [-0.05, 0) is 55.9 Å². The van der Waals surface area contributed by atoms with Gasteiger partial charge in [0.1, 0.15) is 0 Å². The van der Waals surface area contributed by atoms with Crippen LogP contribution in [0.4, 0.5) is 0 Å². The van der Waals surface area contributed by atoms with Crippen LogP contribution in [0.1, 0.15) is 0 Å². The average molecular weight is 572 g/mol. The van der Waals surface area contributed by atoms with E-state index in [1.807, 2.05) is 0 Å². The Balaban J connectivity index is 1.42. The SMILES string of the molecule is c1ccc2cc(-c3nc(-n4c5ccc6ccccc6c5c5c6ccccc6c6ccccc6c54)nc4ccccc34)ccc2c1. The molecule has 0 aliphatic heterocycles. The molecule has 0 unspecified atom stereocenters. The van der Waals surface area contributed by atoms with Gasteiger partial charge in [0, 0.05) is 27.1 Å². The molecule has 0 radical (unpaired) electrons. The van der Waals surface area contributed by atoms with Crippen molar-refractivity contribution in [1.82, 2.24) is 14.5 Å². The molecule has 2 heterocycles. The van der Waals surface area contributed by atoms with Gasteiger partial charge in [0.05, 0.1) is 22.2 Å². The van der Waals surface area contributed by atoms with E-state index in [2.05, 4.69) is 156 Å². The van der Waals surface area contributed by atoms with Crippen molar-refractivity contribution in [2.45, 2.75) is 0 Å². The van der Waals surface area contributed by atoms with Crippen molar-refractivity contribution in [3.05, 3.63) is 152 Å². The van der Waals surface area contributed by atoms with Gasteiger partial charge in [-0.3, -0.25) is 4.57 Å². The van der Waals surface area contributed by atoms with E-state index in [1.165, 1.54) is 53.9 Å². The van der Waals surface area contributed by atoms with Crippen molar-refractivity contribution in [3.63, 3.8) is 0 Å². The third kappa shape index (κ3) is 3.46. The molecule has 10 rings (SSSR count). The van der Waals surface area contributed by atoms with Crippen molar-refractivity contribution >= 4 is 75.8 Å². The highest BCUT2D eigenvalue weighted by Crippen LogP contribution is 2.44. The molecule has 0 saturated carbocycles. The normalized spacial score (nSPS) is 12.0. The van der Waals surface area contributed by atoms with Crippen LogP contribution in [0.2, 0.25) is 0 Å². The number of nitrogens with zero attached hydrogens (tertiary/aromatic N) is 3. The van der Waals surface area contributed by atoms with E-state index >= 15 is 0 Å². The number of hydrogen-bond acceptors (Lipinski definition) is 2. The molecular weight excluding hydrogens is 546 g/mol. The van der Waals surface area contributed by atoms with Crippen LogP contribution < -0.4 is 0 Å². The molecule has 0 amide bonds. The molecule has 3 heteroatoms. The van der Waals surface area contributed by atoms with E-state index in [9.17, 15) is 0 Å². The number of aromatic nitrogens is 3. The monoisotopic (exact) mass is 571 g/mol. The van der Waals surface area contributed by atoms with E-state index in [-0.39, 0.29) is 0 Å². The Morgan fingerprint density at radius 3 is 1.82 bits per heavy atom. The first-order chi connectivity index (χ1) is 22.3. The third-order valence-electron chi connectivity index (χ3n) is 9.34. The van der Waals surface area contributed by atoms with E-state index in [0.717, 1.165) is 33.2 Å². The maximum atomic E-state index is 5.44. The summed E-state index contributed by atoms with van der Waals surface area (Å²) in [4.78, 5) is 10.7. The molecule has 45 heavy (non-hydrogen) atoms. The summed E-state index contributed by atoms with van der Waals surface area (Å²) in [6.07, 6.45) is 0. The molecule has 208 valence electrons. The fourth-order valence-corrected chi connectivity index (χ4v) is 7.37. The number of benzene rings is 8. The second-order valence-electron chi connectivity index (χ2n) is 11.8. The molecular formula is C42H25N3. The zero-order valence-corrected chi connectivity index (χ0v) is 24.3. The Labute approximate surface area is 258 Å². The molecule has 0 atom stereocenters. The minimum absolute atomic E-state index is 0.674. The first-order valence-electron chi connectivity index (χ1n) is 15.4. The standard InChI is InChI=1S/C42H25N3/c1-2-13-28-25-29(22-21-26(28)11-1)40-35-19-9-10-20-36(35)43-42(44-40)45-37-24-23-27-12-3-4-14-30(27)38(37)39-33-17-7-5-15-31(33)32-16-6-8-18-34(32)41(39)45/h1-25H. The fraction of sp³-hybridized carbons (Fsp3) is 0. The number of para-hydroxylation sites is 1. The number of hydrogen-bond donors (Lipinski definition) is 0. The van der Waals surface area contributed by atoms with Gasteiger partial charge >= 0.3 is 0 Å².